The summed E-state index contributed by atoms with van der Waals surface area (Å²) in [6, 6.07) is 30.2. The number of carbonyl (C=O) groups excluding carboxylic acids is 2. The van der Waals surface area contributed by atoms with E-state index in [1.54, 1.807) is 30.6 Å². The highest BCUT2D eigenvalue weighted by molar-refractivity contribution is 8.04. The van der Waals surface area contributed by atoms with E-state index in [0.29, 0.717) is 33.8 Å². The predicted octanol–water partition coefficient (Wildman–Crippen LogP) is 7.95. The van der Waals surface area contributed by atoms with Crippen molar-refractivity contribution < 1.29 is 14.5 Å². The average molecular weight is 947 g/mol. The van der Waals surface area contributed by atoms with Crippen LogP contribution in [0.25, 0.3) is 12.2 Å². The van der Waals surface area contributed by atoms with Gasteiger partial charge in [0.05, 0.1) is 14.7 Å². The molecule has 0 radical (unpaired) electrons. The van der Waals surface area contributed by atoms with Crippen molar-refractivity contribution >= 4 is 93.3 Å². The Morgan fingerprint density at radius 1 is 0.588 bits per heavy atom. The predicted molar refractivity (Wildman–Crippen MR) is 272 cm³/mol. The summed E-state index contributed by atoms with van der Waals surface area (Å²) >= 11 is 2.68. The van der Waals surface area contributed by atoms with E-state index < -0.39 is 4.92 Å². The highest BCUT2D eigenvalue weighted by atomic mass is 32.2. The molecule has 0 saturated carbocycles. The summed E-state index contributed by atoms with van der Waals surface area (Å²) in [4.78, 5) is 64.4. The van der Waals surface area contributed by atoms with Crippen molar-refractivity contribution in [1.82, 2.24) is 29.7 Å². The molecule has 4 aliphatic heterocycles. The van der Waals surface area contributed by atoms with Gasteiger partial charge in [0.2, 0.25) is 11.9 Å². The zero-order chi connectivity index (χ0) is 47.1. The molecule has 0 amide bonds. The Kier molecular flexibility index (Phi) is 14.1. The highest BCUT2D eigenvalue weighted by Gasteiger charge is 2.26. The van der Waals surface area contributed by atoms with Gasteiger partial charge in [-0.2, -0.15) is 0 Å². The molecule has 0 bridgehead atoms. The molecule has 0 atom stereocenters. The number of fused-ring (bicyclic) bond motifs is 2. The zero-order valence-corrected chi connectivity index (χ0v) is 39.3. The fraction of sp³-hybridized carbons (Fsp3) is 0.240. The van der Waals surface area contributed by atoms with Crippen molar-refractivity contribution in [3.05, 3.63) is 152 Å². The summed E-state index contributed by atoms with van der Waals surface area (Å²) in [5, 5.41) is 18.9. The lowest BCUT2D eigenvalue weighted by atomic mass is 10.1. The maximum atomic E-state index is 12.6. The van der Waals surface area contributed by atoms with Gasteiger partial charge in [-0.05, 0) is 110 Å². The number of hydrogen-bond donors (Lipinski definition) is 3. The van der Waals surface area contributed by atoms with Crippen molar-refractivity contribution in [1.29, 1.82) is 0 Å². The first kappa shape index (κ1) is 46.0. The maximum Gasteiger partial charge on any atom is 0.269 e. The number of allylic oxidation sites excluding steroid dienone is 2. The number of rotatable bonds is 9. The number of nitrogens with two attached hydrogens (primary N) is 1. The molecule has 0 unspecified atom stereocenters. The van der Waals surface area contributed by atoms with Crippen molar-refractivity contribution in [2.75, 3.05) is 92.6 Å². The number of aromatic nitrogens is 4. The van der Waals surface area contributed by atoms with Crippen LogP contribution in [0, 0.1) is 10.1 Å². The number of thioether (sulfide) groups is 2. The molecule has 4 aliphatic rings. The van der Waals surface area contributed by atoms with Crippen molar-refractivity contribution in [3.8, 4) is 0 Å². The van der Waals surface area contributed by atoms with Crippen LogP contribution in [-0.2, 0) is 22.4 Å². The Morgan fingerprint density at radius 2 is 0.985 bits per heavy atom. The number of non-ortho nitro benzene ring substituents is 1. The number of piperazine rings is 2. The molecule has 0 spiro atoms. The summed E-state index contributed by atoms with van der Waals surface area (Å²) in [6.07, 6.45) is 7.60. The van der Waals surface area contributed by atoms with E-state index in [1.165, 1.54) is 47.0 Å². The van der Waals surface area contributed by atoms with Crippen molar-refractivity contribution in [2.45, 2.75) is 22.9 Å². The molecule has 2 saturated heterocycles. The van der Waals surface area contributed by atoms with Gasteiger partial charge in [-0.15, -0.1) is 0 Å². The molecule has 0 aliphatic carbocycles. The van der Waals surface area contributed by atoms with Crippen molar-refractivity contribution in [3.63, 3.8) is 0 Å². The van der Waals surface area contributed by atoms with E-state index in [0.717, 1.165) is 96.0 Å². The first-order chi connectivity index (χ1) is 33.0. The third-order valence-corrected chi connectivity index (χ3v) is 14.2. The van der Waals surface area contributed by atoms with Crippen LogP contribution in [0.2, 0.25) is 0 Å². The summed E-state index contributed by atoms with van der Waals surface area (Å²) < 4.78 is 0. The van der Waals surface area contributed by atoms with Crippen LogP contribution in [0.15, 0.2) is 129 Å². The minimum atomic E-state index is -0.445. The van der Waals surface area contributed by atoms with Gasteiger partial charge >= 0.3 is 0 Å². The summed E-state index contributed by atoms with van der Waals surface area (Å²) in [6.45, 7) is 8.40. The normalized spacial score (nSPS) is 17.6. The van der Waals surface area contributed by atoms with Gasteiger partial charge in [-0.1, -0.05) is 35.7 Å². The Bertz CT molecular complexity index is 2860. The van der Waals surface area contributed by atoms with Crippen LogP contribution in [0.4, 0.5) is 46.0 Å². The van der Waals surface area contributed by atoms with E-state index in [2.05, 4.69) is 101 Å². The van der Waals surface area contributed by atoms with Crippen LogP contribution >= 0.6 is 23.5 Å². The second kappa shape index (κ2) is 20.8. The van der Waals surface area contributed by atoms with E-state index in [9.17, 15) is 19.7 Å². The molecule has 18 heteroatoms. The third-order valence-electron chi connectivity index (χ3n) is 11.9. The summed E-state index contributed by atoms with van der Waals surface area (Å²) in [5.74, 6) is 1.04. The van der Waals surface area contributed by atoms with Crippen LogP contribution in [0.5, 0.6) is 0 Å². The van der Waals surface area contributed by atoms with Gasteiger partial charge < -0.3 is 36.0 Å². The molecule has 2 aromatic heterocycles. The van der Waals surface area contributed by atoms with E-state index in [-0.39, 0.29) is 23.7 Å². The maximum absolute atomic E-state index is 12.6. The molecular weight excluding hydrogens is 897 g/mol. The van der Waals surface area contributed by atoms with Gasteiger partial charge in [0.15, 0.2) is 11.6 Å². The first-order valence-corrected chi connectivity index (χ1v) is 23.9. The van der Waals surface area contributed by atoms with E-state index >= 15 is 0 Å². The molecule has 4 N–H and O–H groups in total. The van der Waals surface area contributed by atoms with Gasteiger partial charge in [0.25, 0.3) is 5.69 Å². The Balaban J connectivity index is 0.000000170. The molecule has 2 fully saturated rings. The lowest BCUT2D eigenvalue weighted by molar-refractivity contribution is -0.384. The SMILES string of the molecule is CN1CCN(c2ccc(Nc3ncc4c(n3)S/C(=C/c3ccc(N)cc3)C(=O)C4)cc2)CC1.CN1CCN(c2ccc(Nc3ncc4c(n3)S/C(=C/c3ccc([N+](=O)[O-])cc3)C(=O)C4)cc2)CC1. The topological polar surface area (TPSA) is 192 Å². The second-order valence-corrected chi connectivity index (χ2v) is 19.0. The number of likely N-dealkylation sites (N-methyl/N-ethyl adjacent to an activating group) is 2. The Labute approximate surface area is 402 Å². The zero-order valence-electron chi connectivity index (χ0n) is 37.7. The largest absolute Gasteiger partial charge is 0.399 e. The number of hydrogen-bond acceptors (Lipinski definition) is 17. The number of benzene rings is 4. The average Bonchev–Trinajstić information content (AvgIpc) is 3.34. The van der Waals surface area contributed by atoms with E-state index in [1.807, 2.05) is 42.5 Å². The number of nitrogens with one attached hydrogen (secondary N) is 2. The van der Waals surface area contributed by atoms with Crippen LogP contribution in [0.3, 0.4) is 0 Å². The minimum absolute atomic E-state index is 0.0140. The summed E-state index contributed by atoms with van der Waals surface area (Å²) in [5.41, 5.74) is 14.0. The minimum Gasteiger partial charge on any atom is -0.399 e. The number of nitro groups is 1. The highest BCUT2D eigenvalue weighted by Crippen LogP contribution is 2.38. The number of nitrogens with zero attached hydrogens (tertiary/aromatic N) is 9. The number of Topliss-reactive ketones (excluding diaryl/α,β-unsaturated/α-hetero) is 2. The van der Waals surface area contributed by atoms with Crippen LogP contribution in [-0.4, -0.2) is 113 Å². The molecule has 6 aromatic rings. The Hall–Kier alpha value is -7.12. The van der Waals surface area contributed by atoms with Gasteiger partial charge in [0, 0.05) is 129 Å². The van der Waals surface area contributed by atoms with E-state index in [4.69, 9.17) is 5.73 Å². The second-order valence-electron chi connectivity index (χ2n) is 16.9. The monoisotopic (exact) mass is 946 g/mol. The lowest BCUT2D eigenvalue weighted by Crippen LogP contribution is -2.44. The molecule has 10 rings (SSSR count). The van der Waals surface area contributed by atoms with Crippen LogP contribution < -0.4 is 26.2 Å². The smallest absolute Gasteiger partial charge is 0.269 e. The van der Waals surface area contributed by atoms with Crippen molar-refractivity contribution in [2.24, 2.45) is 0 Å². The fourth-order valence-electron chi connectivity index (χ4n) is 7.87. The molecule has 4 aromatic carbocycles. The third kappa shape index (κ3) is 11.5. The number of nitrogen functional groups attached to an aromatic ring is 1. The molecule has 346 valence electrons. The molecular formula is C50H50N12O4S2. The summed E-state index contributed by atoms with van der Waals surface area (Å²) in [7, 11) is 4.30. The molecule has 16 nitrogen and oxygen atoms in total. The lowest BCUT2D eigenvalue weighted by Gasteiger charge is -2.34. The van der Waals surface area contributed by atoms with Gasteiger partial charge in [-0.3, -0.25) is 19.7 Å². The number of carbonyl (C=O) groups is 2. The standard InChI is InChI=1S/C25H24N6O3S.C25H26N6OS/c1-29-10-12-30(13-11-29)20-8-4-19(5-9-20)27-25-26-16-18-15-22(32)23(35-24(18)28-25)14-17-2-6-21(7-3-17)31(33)34;1-30-10-12-31(13-11-30)21-8-6-20(7-9-21)28-25-27-16-18-15-22(32)23(33-24(18)29-25)14-17-2-4-19(26)5-3-17/h2-9,14,16H,10-13,15H2,1H3,(H,26,27,28);2-9,14,16H,10-13,15,26H2,1H3,(H,27,28,29)/b2*23-14+. The first-order valence-electron chi connectivity index (χ1n) is 22.3. The number of ketones is 2. The fourth-order valence-corrected chi connectivity index (χ4v) is 9.82. The van der Waals surface area contributed by atoms with Crippen LogP contribution in [0.1, 0.15) is 22.3 Å². The molecule has 68 heavy (non-hydrogen) atoms. The van der Waals surface area contributed by atoms with Gasteiger partial charge in [-0.25, -0.2) is 19.9 Å². The number of anilines is 7. The Morgan fingerprint density at radius 3 is 1.38 bits per heavy atom. The molecule has 6 heterocycles. The van der Waals surface area contributed by atoms with Gasteiger partial charge in [0.1, 0.15) is 10.1 Å². The quantitative estimate of drug-likeness (QED) is 0.0415. The number of nitro benzene ring substituents is 1.